The second-order valence-corrected chi connectivity index (χ2v) is 15.6. The van der Waals surface area contributed by atoms with Crippen LogP contribution in [0, 0.1) is 0 Å². The summed E-state index contributed by atoms with van der Waals surface area (Å²) in [5.74, 6) is -0.131. The lowest BCUT2D eigenvalue weighted by atomic mass is 10.0. The Labute approximate surface area is 317 Å². The second kappa shape index (κ2) is 16.4. The van der Waals surface area contributed by atoms with Crippen molar-refractivity contribution in [2.24, 2.45) is 0 Å². The average molecular weight is 855 g/mol. The highest BCUT2D eigenvalue weighted by Crippen LogP contribution is 2.33. The molecule has 1 aromatic heterocycles. The molecule has 3 aliphatic rings. The summed E-state index contributed by atoms with van der Waals surface area (Å²) in [5, 5.41) is 3.03. The van der Waals surface area contributed by atoms with Gasteiger partial charge in [0.1, 0.15) is 6.04 Å². The third-order valence-corrected chi connectivity index (χ3v) is 12.0. The normalized spacial score (nSPS) is 19.2. The minimum atomic E-state index is -4.50. The number of hydrogen-bond acceptors (Lipinski definition) is 6. The quantitative estimate of drug-likeness (QED) is 0.256. The number of carbonyl (C=O) groups is 2. The topological polar surface area (TPSA) is 123 Å². The third kappa shape index (κ3) is 8.88. The largest absolute Gasteiger partial charge is 0.416 e. The van der Waals surface area contributed by atoms with Gasteiger partial charge in [-0.3, -0.25) is 14.3 Å². The molecule has 16 heteroatoms. The SMILES string of the molecule is CCN1CCC(N2CCN(C(=O)[C@H](Cc3cc(Br)c(N)c(Br)c3)NC(=O)N3CCC(n4cc(-c5cccc(C(F)(F)F)c5)[nH]c4=O)CC3)CC2)CC1. The Morgan fingerprint density at radius 2 is 1.56 bits per heavy atom. The molecular formula is C36H45Br2F3N8O3. The number of aromatic nitrogens is 2. The molecule has 1 atom stereocenters. The fraction of sp³-hybridized carbons (Fsp3) is 0.528. The smallest absolute Gasteiger partial charge is 0.397 e. The van der Waals surface area contributed by atoms with Gasteiger partial charge in [0, 0.05) is 78.5 Å². The highest BCUT2D eigenvalue weighted by atomic mass is 79.9. The van der Waals surface area contributed by atoms with Crippen LogP contribution in [0.25, 0.3) is 11.3 Å². The van der Waals surface area contributed by atoms with Gasteiger partial charge in [-0.25, -0.2) is 9.59 Å². The number of nitrogens with one attached hydrogen (secondary N) is 2. The molecule has 4 heterocycles. The molecule has 0 aliphatic carbocycles. The molecule has 52 heavy (non-hydrogen) atoms. The number of hydrogen-bond donors (Lipinski definition) is 3. The van der Waals surface area contributed by atoms with Crippen molar-refractivity contribution >= 4 is 49.5 Å². The standard InChI is InChI=1S/C36H45Br2F3N8O3/c1-2-45-10-6-26(7-11-45)46-14-16-47(17-15-46)33(50)30(20-23-18-28(37)32(42)29(38)19-23)43-34(51)48-12-8-27(9-13-48)49-22-31(44-35(49)52)24-4-3-5-25(21-24)36(39,40)41/h3-5,18-19,21-22,26-27,30H,2,6-17,20,42H2,1H3,(H,43,51)(H,44,52)/t30-/m0/s1. The predicted molar refractivity (Wildman–Crippen MR) is 201 cm³/mol. The Hall–Kier alpha value is -3.34. The number of H-pyrrole nitrogens is 1. The highest BCUT2D eigenvalue weighted by molar-refractivity contribution is 9.11. The molecule has 3 saturated heterocycles. The number of nitrogens with zero attached hydrogens (tertiary/aromatic N) is 5. The van der Waals surface area contributed by atoms with E-state index in [2.05, 4.69) is 58.9 Å². The van der Waals surface area contributed by atoms with E-state index in [4.69, 9.17) is 5.73 Å². The molecule has 0 saturated carbocycles. The summed E-state index contributed by atoms with van der Waals surface area (Å²) in [4.78, 5) is 51.9. The van der Waals surface area contributed by atoms with E-state index in [-0.39, 0.29) is 30.0 Å². The molecule has 3 aliphatic heterocycles. The molecule has 6 rings (SSSR count). The van der Waals surface area contributed by atoms with Crippen molar-refractivity contribution in [3.63, 3.8) is 0 Å². The molecule has 2 aromatic carbocycles. The van der Waals surface area contributed by atoms with E-state index in [0.717, 1.165) is 63.3 Å². The number of halogens is 5. The number of carbonyl (C=O) groups excluding carboxylic acids is 2. The van der Waals surface area contributed by atoms with Gasteiger partial charge < -0.3 is 30.7 Å². The van der Waals surface area contributed by atoms with Gasteiger partial charge >= 0.3 is 17.9 Å². The van der Waals surface area contributed by atoms with Crippen molar-refractivity contribution in [1.29, 1.82) is 0 Å². The highest BCUT2D eigenvalue weighted by Gasteiger charge is 2.34. The van der Waals surface area contributed by atoms with Crippen molar-refractivity contribution in [3.8, 4) is 11.3 Å². The summed E-state index contributed by atoms with van der Waals surface area (Å²) in [6.45, 7) is 8.91. The number of piperidine rings is 2. The van der Waals surface area contributed by atoms with Crippen molar-refractivity contribution in [2.45, 2.75) is 63.3 Å². The molecule has 0 unspecified atom stereocenters. The number of rotatable bonds is 8. The molecular weight excluding hydrogens is 809 g/mol. The third-order valence-electron chi connectivity index (χ3n) is 10.7. The minimum absolute atomic E-state index is 0.131. The number of alkyl halides is 3. The molecule has 3 aromatic rings. The Balaban J connectivity index is 1.10. The summed E-state index contributed by atoms with van der Waals surface area (Å²) in [5.41, 5.74) is 6.83. The molecule has 11 nitrogen and oxygen atoms in total. The van der Waals surface area contributed by atoms with E-state index in [0.29, 0.717) is 65.4 Å². The molecule has 3 amide bonds. The molecule has 4 N–H and O–H groups in total. The Morgan fingerprint density at radius 1 is 0.923 bits per heavy atom. The van der Waals surface area contributed by atoms with E-state index in [9.17, 15) is 27.6 Å². The fourth-order valence-corrected chi connectivity index (χ4v) is 8.88. The number of amides is 3. The van der Waals surface area contributed by atoms with Crippen LogP contribution in [-0.2, 0) is 17.4 Å². The maximum absolute atomic E-state index is 14.1. The first-order chi connectivity index (χ1) is 24.8. The Bertz CT molecular complexity index is 1770. The summed E-state index contributed by atoms with van der Waals surface area (Å²) < 4.78 is 42.7. The van der Waals surface area contributed by atoms with Gasteiger partial charge in [-0.1, -0.05) is 19.1 Å². The second-order valence-electron chi connectivity index (χ2n) is 13.9. The van der Waals surface area contributed by atoms with Gasteiger partial charge in [0.05, 0.1) is 16.9 Å². The van der Waals surface area contributed by atoms with Crippen LogP contribution in [0.3, 0.4) is 0 Å². The minimum Gasteiger partial charge on any atom is -0.397 e. The molecule has 0 bridgehead atoms. The van der Waals surface area contributed by atoms with Crippen LogP contribution >= 0.6 is 31.9 Å². The summed E-state index contributed by atoms with van der Waals surface area (Å²) >= 11 is 6.99. The van der Waals surface area contributed by atoms with Crippen LogP contribution in [0.1, 0.15) is 49.8 Å². The van der Waals surface area contributed by atoms with Crippen molar-refractivity contribution in [1.82, 2.24) is 34.5 Å². The van der Waals surface area contributed by atoms with Crippen LogP contribution in [0.4, 0.5) is 23.7 Å². The van der Waals surface area contributed by atoms with Crippen LogP contribution in [0.5, 0.6) is 0 Å². The number of urea groups is 1. The molecule has 3 fully saturated rings. The average Bonchev–Trinajstić information content (AvgIpc) is 3.54. The summed E-state index contributed by atoms with van der Waals surface area (Å²) in [6, 6.07) is 7.66. The molecule has 0 radical (unpaired) electrons. The number of anilines is 1. The van der Waals surface area contributed by atoms with Crippen LogP contribution in [0.2, 0.25) is 0 Å². The van der Waals surface area contributed by atoms with Gasteiger partial charge in [0.15, 0.2) is 0 Å². The van der Waals surface area contributed by atoms with Crippen molar-refractivity contribution in [2.75, 3.05) is 64.6 Å². The van der Waals surface area contributed by atoms with Gasteiger partial charge in [-0.2, -0.15) is 13.2 Å². The van der Waals surface area contributed by atoms with Crippen LogP contribution < -0.4 is 16.7 Å². The molecule has 0 spiro atoms. The van der Waals surface area contributed by atoms with E-state index in [1.54, 1.807) is 11.1 Å². The summed E-state index contributed by atoms with van der Waals surface area (Å²) in [6.07, 6.45) is 0.502. The van der Waals surface area contributed by atoms with Crippen LogP contribution in [-0.4, -0.2) is 112 Å². The van der Waals surface area contributed by atoms with E-state index in [1.807, 2.05) is 17.0 Å². The zero-order valence-corrected chi connectivity index (χ0v) is 32.3. The van der Waals surface area contributed by atoms with E-state index < -0.39 is 23.5 Å². The van der Waals surface area contributed by atoms with Gasteiger partial charge in [-0.05, 0) is 107 Å². The Morgan fingerprint density at radius 3 is 2.17 bits per heavy atom. The first-order valence-electron chi connectivity index (χ1n) is 17.8. The van der Waals surface area contributed by atoms with Crippen molar-refractivity contribution in [3.05, 3.63) is 73.2 Å². The van der Waals surface area contributed by atoms with Crippen molar-refractivity contribution < 1.29 is 22.8 Å². The lowest BCUT2D eigenvalue weighted by Gasteiger charge is -2.43. The van der Waals surface area contributed by atoms with E-state index >= 15 is 0 Å². The monoisotopic (exact) mass is 852 g/mol. The number of nitrogens with two attached hydrogens (primary N) is 1. The lowest BCUT2D eigenvalue weighted by Crippen LogP contribution is -2.59. The maximum Gasteiger partial charge on any atom is 0.416 e. The zero-order valence-electron chi connectivity index (χ0n) is 29.1. The number of nitrogen functional groups attached to an aromatic ring is 1. The predicted octanol–water partition coefficient (Wildman–Crippen LogP) is 5.56. The number of aromatic amines is 1. The zero-order chi connectivity index (χ0) is 37.2. The number of imidazole rings is 1. The number of likely N-dealkylation sites (tertiary alicyclic amines) is 2. The van der Waals surface area contributed by atoms with Gasteiger partial charge in [0.25, 0.3) is 0 Å². The fourth-order valence-electron chi connectivity index (χ4n) is 7.60. The maximum atomic E-state index is 14.1. The first-order valence-corrected chi connectivity index (χ1v) is 19.4. The first kappa shape index (κ1) is 38.4. The number of benzene rings is 2. The molecule has 282 valence electrons. The van der Waals surface area contributed by atoms with Gasteiger partial charge in [0.2, 0.25) is 5.91 Å². The van der Waals surface area contributed by atoms with Gasteiger partial charge in [-0.15, -0.1) is 0 Å². The van der Waals surface area contributed by atoms with Crippen LogP contribution in [0.15, 0.2) is 56.3 Å². The summed E-state index contributed by atoms with van der Waals surface area (Å²) in [7, 11) is 0. The lowest BCUT2D eigenvalue weighted by molar-refractivity contribution is -0.137. The van der Waals surface area contributed by atoms with E-state index in [1.165, 1.54) is 16.7 Å². The number of piperazine rings is 1. The Kier molecular flexibility index (Phi) is 12.1.